The van der Waals surface area contributed by atoms with Gasteiger partial charge in [0.05, 0.1) is 12.7 Å². The molecule has 0 aliphatic carbocycles. The van der Waals surface area contributed by atoms with Gasteiger partial charge in [-0.2, -0.15) is 0 Å². The highest BCUT2D eigenvalue weighted by Gasteiger charge is 2.14. The van der Waals surface area contributed by atoms with Crippen LogP contribution in [0, 0.1) is 5.82 Å². The second-order valence-electron chi connectivity index (χ2n) is 4.26. The Morgan fingerprint density at radius 2 is 1.81 bits per heavy atom. The molecule has 6 heteroatoms. The molecule has 2 aromatic rings. The molecule has 2 rings (SSSR count). The van der Waals surface area contributed by atoms with Gasteiger partial charge in [0, 0.05) is 16.9 Å². The molecule has 1 amide bonds. The van der Waals surface area contributed by atoms with E-state index in [1.54, 1.807) is 24.3 Å². The lowest BCUT2D eigenvalue weighted by atomic mass is 10.1. The van der Waals surface area contributed by atoms with Gasteiger partial charge < -0.3 is 15.8 Å². The Bertz CT molecular complexity index is 684. The third kappa shape index (κ3) is 3.36. The quantitative estimate of drug-likeness (QED) is 0.671. The molecule has 0 aliphatic rings. The van der Waals surface area contributed by atoms with Crippen molar-refractivity contribution < 1.29 is 18.7 Å². The molecule has 2 aromatic carbocycles. The van der Waals surface area contributed by atoms with Gasteiger partial charge in [-0.15, -0.1) is 0 Å². The van der Waals surface area contributed by atoms with E-state index in [4.69, 9.17) is 5.73 Å². The van der Waals surface area contributed by atoms with Crippen molar-refractivity contribution >= 4 is 23.3 Å². The van der Waals surface area contributed by atoms with Crippen molar-refractivity contribution in [3.8, 4) is 0 Å². The third-order valence-corrected chi connectivity index (χ3v) is 2.80. The normalized spacial score (nSPS) is 10.0. The van der Waals surface area contributed by atoms with Crippen molar-refractivity contribution in [2.45, 2.75) is 0 Å². The van der Waals surface area contributed by atoms with Crippen LogP contribution in [-0.4, -0.2) is 19.0 Å². The first kappa shape index (κ1) is 14.5. The first-order chi connectivity index (χ1) is 10.0. The topological polar surface area (TPSA) is 81.4 Å². The SMILES string of the molecule is COC(=O)c1cc(NC(=O)c2ccc(N)cc2)ccc1F. The highest BCUT2D eigenvalue weighted by Crippen LogP contribution is 2.17. The Hall–Kier alpha value is -2.89. The van der Waals surface area contributed by atoms with Crippen LogP contribution in [0.1, 0.15) is 20.7 Å². The predicted octanol–water partition coefficient (Wildman–Crippen LogP) is 2.45. The standard InChI is InChI=1S/C15H13FN2O3/c1-21-15(20)12-8-11(6-7-13(12)16)18-14(19)9-2-4-10(17)5-3-9/h2-8H,17H2,1H3,(H,18,19). The molecule has 3 N–H and O–H groups in total. The molecule has 0 saturated carbocycles. The van der Waals surface area contributed by atoms with Gasteiger partial charge in [-0.05, 0) is 42.5 Å². The van der Waals surface area contributed by atoms with E-state index in [1.165, 1.54) is 12.1 Å². The number of anilines is 2. The van der Waals surface area contributed by atoms with Gasteiger partial charge in [-0.25, -0.2) is 9.18 Å². The smallest absolute Gasteiger partial charge is 0.340 e. The van der Waals surface area contributed by atoms with Crippen LogP contribution in [-0.2, 0) is 4.74 Å². The summed E-state index contributed by atoms with van der Waals surface area (Å²) in [6.07, 6.45) is 0. The fourth-order valence-corrected chi connectivity index (χ4v) is 1.71. The average Bonchev–Trinajstić information content (AvgIpc) is 2.49. The predicted molar refractivity (Wildman–Crippen MR) is 76.5 cm³/mol. The van der Waals surface area contributed by atoms with Crippen LogP contribution in [0.2, 0.25) is 0 Å². The molecule has 21 heavy (non-hydrogen) atoms. The number of ether oxygens (including phenoxy) is 1. The van der Waals surface area contributed by atoms with E-state index in [1.807, 2.05) is 0 Å². The van der Waals surface area contributed by atoms with Gasteiger partial charge >= 0.3 is 5.97 Å². The Morgan fingerprint density at radius 1 is 1.14 bits per heavy atom. The van der Waals surface area contributed by atoms with E-state index < -0.39 is 17.7 Å². The molecule has 0 atom stereocenters. The van der Waals surface area contributed by atoms with Gasteiger partial charge in [0.2, 0.25) is 0 Å². The summed E-state index contributed by atoms with van der Waals surface area (Å²) in [5.41, 5.74) is 6.53. The number of carbonyl (C=O) groups excluding carboxylic acids is 2. The number of benzene rings is 2. The van der Waals surface area contributed by atoms with Crippen molar-refractivity contribution in [3.05, 3.63) is 59.4 Å². The number of amides is 1. The molecule has 0 bridgehead atoms. The maximum absolute atomic E-state index is 13.5. The third-order valence-electron chi connectivity index (χ3n) is 2.80. The van der Waals surface area contributed by atoms with Crippen LogP contribution < -0.4 is 11.1 Å². The summed E-state index contributed by atoms with van der Waals surface area (Å²) in [6.45, 7) is 0. The minimum atomic E-state index is -0.809. The monoisotopic (exact) mass is 288 g/mol. The molecule has 0 spiro atoms. The Morgan fingerprint density at radius 3 is 2.43 bits per heavy atom. The van der Waals surface area contributed by atoms with Gasteiger partial charge in [0.25, 0.3) is 5.91 Å². The van der Waals surface area contributed by atoms with Crippen molar-refractivity contribution in [2.75, 3.05) is 18.2 Å². The highest BCUT2D eigenvalue weighted by molar-refractivity contribution is 6.05. The summed E-state index contributed by atoms with van der Waals surface area (Å²) < 4.78 is 18.0. The van der Waals surface area contributed by atoms with E-state index in [9.17, 15) is 14.0 Å². The molecule has 0 radical (unpaired) electrons. The second-order valence-corrected chi connectivity index (χ2v) is 4.26. The van der Waals surface area contributed by atoms with Crippen LogP contribution in [0.25, 0.3) is 0 Å². The summed E-state index contributed by atoms with van der Waals surface area (Å²) in [7, 11) is 1.15. The molecular formula is C15H13FN2O3. The van der Waals surface area contributed by atoms with Gasteiger partial charge in [-0.3, -0.25) is 4.79 Å². The lowest BCUT2D eigenvalue weighted by molar-refractivity contribution is 0.0595. The molecule has 5 nitrogen and oxygen atoms in total. The molecule has 0 aliphatic heterocycles. The van der Waals surface area contributed by atoms with Crippen LogP contribution in [0.5, 0.6) is 0 Å². The fraction of sp³-hybridized carbons (Fsp3) is 0.0667. The second kappa shape index (κ2) is 6.04. The highest BCUT2D eigenvalue weighted by atomic mass is 19.1. The zero-order valence-electron chi connectivity index (χ0n) is 11.2. The first-order valence-electron chi connectivity index (χ1n) is 6.06. The maximum Gasteiger partial charge on any atom is 0.340 e. The average molecular weight is 288 g/mol. The number of rotatable bonds is 3. The number of nitrogens with one attached hydrogen (secondary N) is 1. The fourth-order valence-electron chi connectivity index (χ4n) is 1.71. The van der Waals surface area contributed by atoms with E-state index in [2.05, 4.69) is 10.1 Å². The summed E-state index contributed by atoms with van der Waals surface area (Å²) >= 11 is 0. The summed E-state index contributed by atoms with van der Waals surface area (Å²) in [5, 5.41) is 2.57. The molecule has 0 heterocycles. The van der Waals surface area contributed by atoms with Crippen molar-refractivity contribution in [2.24, 2.45) is 0 Å². The van der Waals surface area contributed by atoms with Gasteiger partial charge in [-0.1, -0.05) is 0 Å². The van der Waals surface area contributed by atoms with Gasteiger partial charge in [0.1, 0.15) is 5.82 Å². The molecule has 0 saturated heterocycles. The van der Waals surface area contributed by atoms with E-state index in [0.717, 1.165) is 13.2 Å². The number of hydrogen-bond acceptors (Lipinski definition) is 4. The van der Waals surface area contributed by atoms with Crippen LogP contribution in [0.4, 0.5) is 15.8 Å². The number of nitrogens with two attached hydrogens (primary N) is 1. The zero-order chi connectivity index (χ0) is 15.4. The first-order valence-corrected chi connectivity index (χ1v) is 6.06. The van der Waals surface area contributed by atoms with E-state index in [0.29, 0.717) is 16.9 Å². The maximum atomic E-state index is 13.5. The molecule has 0 fully saturated rings. The van der Waals surface area contributed by atoms with E-state index >= 15 is 0 Å². The number of esters is 1. The number of methoxy groups -OCH3 is 1. The van der Waals surface area contributed by atoms with Crippen molar-refractivity contribution in [1.82, 2.24) is 0 Å². The molecule has 108 valence electrons. The number of halogens is 1. The summed E-state index contributed by atoms with van der Waals surface area (Å²) in [6, 6.07) is 9.99. The Kier molecular flexibility index (Phi) is 4.18. The minimum Gasteiger partial charge on any atom is -0.465 e. The van der Waals surface area contributed by atoms with E-state index in [-0.39, 0.29) is 5.56 Å². The van der Waals surface area contributed by atoms with Crippen LogP contribution in [0.3, 0.4) is 0 Å². The largest absolute Gasteiger partial charge is 0.465 e. The van der Waals surface area contributed by atoms with Crippen molar-refractivity contribution in [1.29, 1.82) is 0 Å². The summed E-state index contributed by atoms with van der Waals surface area (Å²) in [4.78, 5) is 23.4. The zero-order valence-corrected chi connectivity index (χ0v) is 11.2. The van der Waals surface area contributed by atoms with Gasteiger partial charge in [0.15, 0.2) is 0 Å². The molecule has 0 aromatic heterocycles. The number of nitrogen functional groups attached to an aromatic ring is 1. The minimum absolute atomic E-state index is 0.243. The lowest BCUT2D eigenvalue weighted by Gasteiger charge is -2.08. The summed E-state index contributed by atoms with van der Waals surface area (Å²) in [5.74, 6) is -1.92. The Labute approximate surface area is 120 Å². The number of hydrogen-bond donors (Lipinski definition) is 2. The Balaban J connectivity index is 2.21. The lowest BCUT2D eigenvalue weighted by Crippen LogP contribution is -2.13. The number of carbonyl (C=O) groups is 2. The van der Waals surface area contributed by atoms with Crippen LogP contribution in [0.15, 0.2) is 42.5 Å². The molecular weight excluding hydrogens is 275 g/mol. The molecule has 0 unspecified atom stereocenters. The van der Waals surface area contributed by atoms with Crippen molar-refractivity contribution in [3.63, 3.8) is 0 Å². The van der Waals surface area contributed by atoms with Crippen LogP contribution >= 0.6 is 0 Å².